The zero-order valence-corrected chi connectivity index (χ0v) is 15.0. The molecule has 0 N–H and O–H groups in total. The number of para-hydroxylation sites is 2. The van der Waals surface area contributed by atoms with E-state index in [9.17, 15) is 9.59 Å². The Balaban J connectivity index is 2.10. The highest BCUT2D eigenvalue weighted by Crippen LogP contribution is 2.34. The van der Waals surface area contributed by atoms with E-state index in [-0.39, 0.29) is 11.8 Å². The summed E-state index contributed by atoms with van der Waals surface area (Å²) in [5.41, 5.74) is 0.762. The standard InChI is InChI=1S/C19H28N2O3/c1-4-12-20(13-5-2)18(22)11-14-21-15-9-7-8-10-17(15)24-16(6-3)19(21)23/h7-10,16H,4-6,11-14H2,1-3H3. The first-order valence-electron chi connectivity index (χ1n) is 8.97. The zero-order valence-electron chi connectivity index (χ0n) is 15.0. The molecule has 1 heterocycles. The van der Waals surface area contributed by atoms with Gasteiger partial charge >= 0.3 is 0 Å². The van der Waals surface area contributed by atoms with E-state index >= 15 is 0 Å². The van der Waals surface area contributed by atoms with Crippen LogP contribution in [0.15, 0.2) is 24.3 Å². The molecule has 24 heavy (non-hydrogen) atoms. The van der Waals surface area contributed by atoms with E-state index in [0.717, 1.165) is 37.4 Å². The fourth-order valence-corrected chi connectivity index (χ4v) is 3.03. The van der Waals surface area contributed by atoms with Crippen molar-refractivity contribution in [2.75, 3.05) is 24.5 Å². The Labute approximate surface area is 144 Å². The van der Waals surface area contributed by atoms with Gasteiger partial charge in [0.1, 0.15) is 5.75 Å². The Morgan fingerprint density at radius 1 is 1.17 bits per heavy atom. The number of hydrogen-bond donors (Lipinski definition) is 0. The third-order valence-corrected chi connectivity index (χ3v) is 4.23. The molecular weight excluding hydrogens is 304 g/mol. The van der Waals surface area contributed by atoms with E-state index in [2.05, 4.69) is 13.8 Å². The van der Waals surface area contributed by atoms with E-state index in [0.29, 0.717) is 19.4 Å². The van der Waals surface area contributed by atoms with E-state index in [1.165, 1.54) is 0 Å². The Morgan fingerprint density at radius 2 is 1.83 bits per heavy atom. The summed E-state index contributed by atoms with van der Waals surface area (Å²) in [7, 11) is 0. The molecule has 1 aliphatic heterocycles. The first-order chi connectivity index (χ1) is 11.6. The minimum absolute atomic E-state index is 0.0541. The summed E-state index contributed by atoms with van der Waals surface area (Å²) in [5.74, 6) is 0.778. The molecule has 0 radical (unpaired) electrons. The van der Waals surface area contributed by atoms with Crippen LogP contribution in [0.3, 0.4) is 0 Å². The van der Waals surface area contributed by atoms with Gasteiger partial charge in [-0.25, -0.2) is 0 Å². The van der Waals surface area contributed by atoms with Gasteiger partial charge in [0.25, 0.3) is 5.91 Å². The molecule has 2 amide bonds. The van der Waals surface area contributed by atoms with Gasteiger partial charge in [-0.1, -0.05) is 32.9 Å². The quantitative estimate of drug-likeness (QED) is 0.734. The highest BCUT2D eigenvalue weighted by molar-refractivity contribution is 6.00. The summed E-state index contributed by atoms with van der Waals surface area (Å²) in [6, 6.07) is 7.53. The Morgan fingerprint density at radius 3 is 2.46 bits per heavy atom. The number of ether oxygens (including phenoxy) is 1. The number of fused-ring (bicyclic) bond motifs is 1. The number of nitrogens with zero attached hydrogens (tertiary/aromatic N) is 2. The van der Waals surface area contributed by atoms with Crippen molar-refractivity contribution < 1.29 is 14.3 Å². The van der Waals surface area contributed by atoms with Gasteiger partial charge in [-0.15, -0.1) is 0 Å². The van der Waals surface area contributed by atoms with Gasteiger partial charge in [-0.05, 0) is 31.4 Å². The molecule has 1 unspecified atom stereocenters. The first kappa shape index (κ1) is 18.3. The largest absolute Gasteiger partial charge is 0.478 e. The molecule has 0 fully saturated rings. The summed E-state index contributed by atoms with van der Waals surface area (Å²) in [5, 5.41) is 0. The number of carbonyl (C=O) groups excluding carboxylic acids is 2. The lowest BCUT2D eigenvalue weighted by molar-refractivity contribution is -0.131. The van der Waals surface area contributed by atoms with Crippen LogP contribution in [0, 0.1) is 0 Å². The van der Waals surface area contributed by atoms with Crippen molar-refractivity contribution in [3.8, 4) is 5.75 Å². The van der Waals surface area contributed by atoms with Gasteiger partial charge in [-0.2, -0.15) is 0 Å². The van der Waals surface area contributed by atoms with Crippen LogP contribution in [0.1, 0.15) is 46.5 Å². The number of amides is 2. The fraction of sp³-hybridized carbons (Fsp3) is 0.579. The van der Waals surface area contributed by atoms with Crippen LogP contribution in [0.2, 0.25) is 0 Å². The van der Waals surface area contributed by atoms with Gasteiger partial charge in [-0.3, -0.25) is 9.59 Å². The Kier molecular flexibility index (Phi) is 6.64. The van der Waals surface area contributed by atoms with Crippen LogP contribution in [0.4, 0.5) is 5.69 Å². The predicted molar refractivity (Wildman–Crippen MR) is 95.3 cm³/mol. The number of anilines is 1. The van der Waals surface area contributed by atoms with Gasteiger partial charge in [0.05, 0.1) is 5.69 Å². The molecule has 0 saturated carbocycles. The van der Waals surface area contributed by atoms with E-state index in [1.54, 1.807) is 4.90 Å². The molecule has 132 valence electrons. The number of carbonyl (C=O) groups is 2. The summed E-state index contributed by atoms with van der Waals surface area (Å²) >= 11 is 0. The lowest BCUT2D eigenvalue weighted by Crippen LogP contribution is -2.47. The monoisotopic (exact) mass is 332 g/mol. The second kappa shape index (κ2) is 8.71. The molecule has 1 aliphatic rings. The second-order valence-electron chi connectivity index (χ2n) is 6.10. The van der Waals surface area contributed by atoms with Gasteiger partial charge in [0, 0.05) is 26.1 Å². The molecule has 1 atom stereocenters. The van der Waals surface area contributed by atoms with Crippen molar-refractivity contribution in [1.29, 1.82) is 0 Å². The van der Waals surface area contributed by atoms with Crippen LogP contribution in [0.5, 0.6) is 5.75 Å². The number of benzene rings is 1. The average Bonchev–Trinajstić information content (AvgIpc) is 2.60. The molecule has 0 bridgehead atoms. The van der Waals surface area contributed by atoms with Crippen molar-refractivity contribution >= 4 is 17.5 Å². The molecule has 2 rings (SSSR count). The van der Waals surface area contributed by atoms with E-state index < -0.39 is 6.10 Å². The lowest BCUT2D eigenvalue weighted by atomic mass is 10.1. The van der Waals surface area contributed by atoms with Crippen molar-refractivity contribution in [3.63, 3.8) is 0 Å². The average molecular weight is 332 g/mol. The van der Waals surface area contributed by atoms with Crippen molar-refractivity contribution in [3.05, 3.63) is 24.3 Å². The molecule has 5 nitrogen and oxygen atoms in total. The first-order valence-corrected chi connectivity index (χ1v) is 8.97. The Bertz CT molecular complexity index is 567. The summed E-state index contributed by atoms with van der Waals surface area (Å²) in [6.45, 7) is 8.03. The molecule has 0 spiro atoms. The summed E-state index contributed by atoms with van der Waals surface area (Å²) in [6.07, 6.45) is 2.40. The van der Waals surface area contributed by atoms with Gasteiger partial charge in [0.2, 0.25) is 5.91 Å². The Hall–Kier alpha value is -2.04. The summed E-state index contributed by atoms with van der Waals surface area (Å²) in [4.78, 5) is 28.7. The highest BCUT2D eigenvalue weighted by atomic mass is 16.5. The second-order valence-corrected chi connectivity index (χ2v) is 6.10. The van der Waals surface area contributed by atoms with Gasteiger partial charge in [0.15, 0.2) is 6.10 Å². The predicted octanol–water partition coefficient (Wildman–Crippen LogP) is 3.23. The maximum atomic E-state index is 12.6. The number of hydrogen-bond acceptors (Lipinski definition) is 3. The number of rotatable bonds is 8. The van der Waals surface area contributed by atoms with Crippen LogP contribution in [0.25, 0.3) is 0 Å². The minimum Gasteiger partial charge on any atom is -0.478 e. The third kappa shape index (κ3) is 4.08. The third-order valence-electron chi connectivity index (χ3n) is 4.23. The smallest absolute Gasteiger partial charge is 0.268 e. The maximum Gasteiger partial charge on any atom is 0.268 e. The lowest BCUT2D eigenvalue weighted by Gasteiger charge is -2.34. The van der Waals surface area contributed by atoms with E-state index in [1.807, 2.05) is 36.1 Å². The SMILES string of the molecule is CCCN(CCC)C(=O)CCN1C(=O)C(CC)Oc2ccccc21. The maximum absolute atomic E-state index is 12.6. The highest BCUT2D eigenvalue weighted by Gasteiger charge is 2.33. The molecule has 5 heteroatoms. The van der Waals surface area contributed by atoms with Crippen molar-refractivity contribution in [1.82, 2.24) is 4.90 Å². The fourth-order valence-electron chi connectivity index (χ4n) is 3.03. The minimum atomic E-state index is -0.461. The normalized spacial score (nSPS) is 16.5. The molecule has 0 saturated heterocycles. The zero-order chi connectivity index (χ0) is 17.5. The molecule has 1 aromatic carbocycles. The molecule has 1 aromatic rings. The summed E-state index contributed by atoms with van der Waals surface area (Å²) < 4.78 is 5.77. The molecule has 0 aliphatic carbocycles. The van der Waals surface area contributed by atoms with Crippen molar-refractivity contribution in [2.45, 2.75) is 52.6 Å². The van der Waals surface area contributed by atoms with Crippen molar-refractivity contribution in [2.24, 2.45) is 0 Å². The van der Waals surface area contributed by atoms with Crippen LogP contribution in [-0.4, -0.2) is 42.5 Å². The van der Waals surface area contributed by atoms with Crippen LogP contribution in [-0.2, 0) is 9.59 Å². The molecule has 0 aromatic heterocycles. The van der Waals surface area contributed by atoms with Crippen LogP contribution < -0.4 is 9.64 Å². The van der Waals surface area contributed by atoms with E-state index in [4.69, 9.17) is 4.74 Å². The molecular formula is C19H28N2O3. The van der Waals surface area contributed by atoms with Gasteiger partial charge < -0.3 is 14.5 Å². The topological polar surface area (TPSA) is 49.9 Å². The van der Waals surface area contributed by atoms with Crippen LogP contribution >= 0.6 is 0 Å².